The molecule has 1 rings (SSSR count). The van der Waals surface area contributed by atoms with Crippen LogP contribution in [0.3, 0.4) is 0 Å². The summed E-state index contributed by atoms with van der Waals surface area (Å²) in [6, 6.07) is 2.44. The number of aromatic carboxylic acids is 1. The van der Waals surface area contributed by atoms with Gasteiger partial charge < -0.3 is 20.1 Å². The summed E-state index contributed by atoms with van der Waals surface area (Å²) in [6.07, 6.45) is -1.03. The number of aromatic hydroxyl groups is 1. The van der Waals surface area contributed by atoms with Gasteiger partial charge in [-0.1, -0.05) is 0 Å². The Balaban J connectivity index is 3.49. The summed E-state index contributed by atoms with van der Waals surface area (Å²) in [4.78, 5) is 10.9. The smallest absolute Gasteiger partial charge is 0.336 e. The van der Waals surface area contributed by atoms with Crippen LogP contribution in [0.1, 0.15) is 28.9 Å². The lowest BCUT2D eigenvalue weighted by Gasteiger charge is -2.14. The average molecular weight is 212 g/mol. The molecule has 0 aliphatic carbocycles. The second kappa shape index (κ2) is 4.18. The van der Waals surface area contributed by atoms with Crippen molar-refractivity contribution in [1.82, 2.24) is 0 Å². The molecule has 3 N–H and O–H groups in total. The lowest BCUT2D eigenvalue weighted by molar-refractivity contribution is 0.0689. The Labute approximate surface area is 86.5 Å². The Kier molecular flexibility index (Phi) is 3.16. The van der Waals surface area contributed by atoms with Crippen molar-refractivity contribution in [2.75, 3.05) is 7.11 Å². The molecule has 0 saturated carbocycles. The number of aliphatic hydroxyl groups excluding tert-OH is 1. The van der Waals surface area contributed by atoms with Crippen molar-refractivity contribution in [2.45, 2.75) is 13.0 Å². The number of aliphatic hydroxyl groups is 1. The first-order valence-corrected chi connectivity index (χ1v) is 4.30. The number of hydrogen-bond donors (Lipinski definition) is 3. The maximum absolute atomic E-state index is 10.9. The monoisotopic (exact) mass is 212 g/mol. The first-order chi connectivity index (χ1) is 6.99. The molecule has 0 aliphatic heterocycles. The predicted molar refractivity (Wildman–Crippen MR) is 52.3 cm³/mol. The molecule has 0 heterocycles. The number of carboxylic acids is 1. The van der Waals surface area contributed by atoms with Crippen LogP contribution in [0.2, 0.25) is 0 Å². The summed E-state index contributed by atoms with van der Waals surface area (Å²) in [6.45, 7) is 1.41. The van der Waals surface area contributed by atoms with Crippen LogP contribution in [-0.2, 0) is 0 Å². The van der Waals surface area contributed by atoms with E-state index in [4.69, 9.17) is 9.84 Å². The third kappa shape index (κ3) is 2.02. The fraction of sp³-hybridized carbons (Fsp3) is 0.300. The third-order valence-electron chi connectivity index (χ3n) is 2.03. The van der Waals surface area contributed by atoms with Crippen LogP contribution in [0.5, 0.6) is 11.5 Å². The van der Waals surface area contributed by atoms with Gasteiger partial charge in [0.1, 0.15) is 0 Å². The maximum Gasteiger partial charge on any atom is 0.336 e. The van der Waals surface area contributed by atoms with Crippen LogP contribution in [0.15, 0.2) is 12.1 Å². The molecule has 0 saturated heterocycles. The van der Waals surface area contributed by atoms with Gasteiger partial charge in [-0.3, -0.25) is 0 Å². The number of ether oxygens (including phenoxy) is 1. The summed E-state index contributed by atoms with van der Waals surface area (Å²) in [5.41, 5.74) is -0.00958. The minimum atomic E-state index is -1.18. The molecular weight excluding hydrogens is 200 g/mol. The highest BCUT2D eigenvalue weighted by atomic mass is 16.5. The Morgan fingerprint density at radius 3 is 2.47 bits per heavy atom. The molecule has 0 radical (unpaired) electrons. The molecule has 0 amide bonds. The van der Waals surface area contributed by atoms with Crippen molar-refractivity contribution in [2.24, 2.45) is 0 Å². The molecule has 1 unspecified atom stereocenters. The summed E-state index contributed by atoms with van der Waals surface area (Å²) < 4.78 is 4.85. The number of rotatable bonds is 3. The van der Waals surface area contributed by atoms with Crippen molar-refractivity contribution in [3.8, 4) is 11.5 Å². The molecule has 15 heavy (non-hydrogen) atoms. The number of phenolic OH excluding ortho intramolecular Hbond substituents is 1. The van der Waals surface area contributed by atoms with E-state index in [1.165, 1.54) is 26.2 Å². The van der Waals surface area contributed by atoms with Gasteiger partial charge in [0.25, 0.3) is 0 Å². The van der Waals surface area contributed by atoms with Gasteiger partial charge in [-0.15, -0.1) is 0 Å². The van der Waals surface area contributed by atoms with Crippen molar-refractivity contribution in [3.05, 3.63) is 23.3 Å². The largest absolute Gasteiger partial charge is 0.504 e. The Morgan fingerprint density at radius 1 is 1.47 bits per heavy atom. The van der Waals surface area contributed by atoms with Gasteiger partial charge >= 0.3 is 5.97 Å². The number of phenols is 1. The Morgan fingerprint density at radius 2 is 2.07 bits per heavy atom. The molecule has 0 aromatic heterocycles. The molecule has 1 atom stereocenters. The van der Waals surface area contributed by atoms with E-state index in [1.54, 1.807) is 0 Å². The number of methoxy groups -OCH3 is 1. The predicted octanol–water partition coefficient (Wildman–Crippen LogP) is 1.15. The lowest BCUT2D eigenvalue weighted by atomic mass is 10.0. The number of carboxylic acid groups (broad SMARTS) is 1. The van der Waals surface area contributed by atoms with Crippen LogP contribution < -0.4 is 4.74 Å². The highest BCUT2D eigenvalue weighted by Crippen LogP contribution is 2.36. The zero-order chi connectivity index (χ0) is 11.6. The van der Waals surface area contributed by atoms with Crippen molar-refractivity contribution in [1.29, 1.82) is 0 Å². The SMILES string of the molecule is COc1c(O)ccc(C(=O)O)c1C(C)O. The zero-order valence-corrected chi connectivity index (χ0v) is 8.39. The Hall–Kier alpha value is -1.75. The lowest BCUT2D eigenvalue weighted by Crippen LogP contribution is -2.07. The van der Waals surface area contributed by atoms with E-state index < -0.39 is 12.1 Å². The summed E-state index contributed by atoms with van der Waals surface area (Å²) >= 11 is 0. The van der Waals surface area contributed by atoms with E-state index in [-0.39, 0.29) is 22.6 Å². The highest BCUT2D eigenvalue weighted by molar-refractivity contribution is 5.91. The molecule has 0 fully saturated rings. The van der Waals surface area contributed by atoms with Crippen molar-refractivity contribution >= 4 is 5.97 Å². The normalized spacial score (nSPS) is 12.2. The minimum Gasteiger partial charge on any atom is -0.504 e. The molecule has 5 heteroatoms. The molecule has 1 aromatic carbocycles. The van der Waals surface area contributed by atoms with Crippen LogP contribution in [0.25, 0.3) is 0 Å². The minimum absolute atomic E-state index is 0.00935. The number of hydrogen-bond acceptors (Lipinski definition) is 4. The van der Waals surface area contributed by atoms with Gasteiger partial charge in [-0.2, -0.15) is 0 Å². The first kappa shape index (κ1) is 11.3. The van der Waals surface area contributed by atoms with Gasteiger partial charge in [0.15, 0.2) is 11.5 Å². The van der Waals surface area contributed by atoms with Gasteiger partial charge in [-0.05, 0) is 19.1 Å². The van der Waals surface area contributed by atoms with E-state index in [9.17, 15) is 15.0 Å². The summed E-state index contributed by atoms with van der Waals surface area (Å²) in [5.74, 6) is -1.38. The molecule has 0 spiro atoms. The number of benzene rings is 1. The molecule has 82 valence electrons. The quantitative estimate of drug-likeness (QED) is 0.699. The standard InChI is InChI=1S/C10H12O5/c1-5(11)8-6(10(13)14)3-4-7(12)9(8)15-2/h3-5,11-12H,1-2H3,(H,13,14). The van der Waals surface area contributed by atoms with Gasteiger partial charge in [0, 0.05) is 5.56 Å². The van der Waals surface area contributed by atoms with E-state index in [1.807, 2.05) is 0 Å². The second-order valence-electron chi connectivity index (χ2n) is 3.06. The third-order valence-corrected chi connectivity index (χ3v) is 2.03. The Bertz CT molecular complexity index is 384. The highest BCUT2D eigenvalue weighted by Gasteiger charge is 2.21. The second-order valence-corrected chi connectivity index (χ2v) is 3.06. The number of carbonyl (C=O) groups is 1. The van der Waals surface area contributed by atoms with Crippen molar-refractivity contribution in [3.63, 3.8) is 0 Å². The van der Waals surface area contributed by atoms with Crippen LogP contribution in [0.4, 0.5) is 0 Å². The fourth-order valence-electron chi connectivity index (χ4n) is 1.40. The summed E-state index contributed by atoms with van der Waals surface area (Å²) in [5, 5.41) is 27.7. The van der Waals surface area contributed by atoms with E-state index >= 15 is 0 Å². The van der Waals surface area contributed by atoms with Gasteiger partial charge in [0.05, 0.1) is 18.8 Å². The van der Waals surface area contributed by atoms with Crippen LogP contribution in [-0.4, -0.2) is 28.4 Å². The van der Waals surface area contributed by atoms with Gasteiger partial charge in [-0.25, -0.2) is 4.79 Å². The molecule has 0 bridgehead atoms. The molecule has 1 aromatic rings. The molecule has 5 nitrogen and oxygen atoms in total. The van der Waals surface area contributed by atoms with E-state index in [0.717, 1.165) is 0 Å². The maximum atomic E-state index is 10.9. The van der Waals surface area contributed by atoms with Crippen LogP contribution >= 0.6 is 0 Å². The fourth-order valence-corrected chi connectivity index (χ4v) is 1.40. The van der Waals surface area contributed by atoms with E-state index in [2.05, 4.69) is 0 Å². The van der Waals surface area contributed by atoms with Gasteiger partial charge in [0.2, 0.25) is 0 Å². The van der Waals surface area contributed by atoms with Crippen LogP contribution in [0, 0.1) is 0 Å². The average Bonchev–Trinajstić information content (AvgIpc) is 2.16. The molecular formula is C10H12O5. The topological polar surface area (TPSA) is 87.0 Å². The first-order valence-electron chi connectivity index (χ1n) is 4.30. The molecule has 0 aliphatic rings. The van der Waals surface area contributed by atoms with Crippen molar-refractivity contribution < 1.29 is 24.9 Å². The van der Waals surface area contributed by atoms with E-state index in [0.29, 0.717) is 0 Å². The summed E-state index contributed by atoms with van der Waals surface area (Å²) in [7, 11) is 1.30. The zero-order valence-electron chi connectivity index (χ0n) is 8.39.